The Kier molecular flexibility index (Phi) is 7.75. The fraction of sp³-hybridized carbons (Fsp3) is 0.357. The molecule has 48 heavy (non-hydrogen) atoms. The third-order valence-electron chi connectivity index (χ3n) is 7.17. The van der Waals surface area contributed by atoms with Crippen LogP contribution >= 0.6 is 0 Å². The fourth-order valence-electron chi connectivity index (χ4n) is 5.17. The van der Waals surface area contributed by atoms with Crippen LogP contribution in [0.25, 0.3) is 44.6 Å². The molecule has 0 atom stereocenters. The monoisotopic (exact) mass is 842 g/mol. The molecule has 0 bridgehead atoms. The minimum atomic E-state index is -2.55. The van der Waals surface area contributed by atoms with Crippen molar-refractivity contribution in [3.05, 3.63) is 108 Å². The SMILES string of the molecule is [2H]C([2H])([2H])c1ccc2c(n1)oc1c(-c3cc(C([2H])([2H])C(C)(C)C)c(C([2H])([2H])[2H])cn3)[c-]ccc12.[2H]C([2H])(c1cc(-c2[c-]cccc2)ncc1[Si](C)(C)C)C(C)(C)C.[Ir]. The van der Waals surface area contributed by atoms with Crippen molar-refractivity contribution < 1.29 is 38.2 Å². The molecule has 0 N–H and O–H groups in total. The van der Waals surface area contributed by atoms with E-state index in [1.807, 2.05) is 57.3 Å². The zero-order valence-corrected chi connectivity index (χ0v) is 32.4. The van der Waals surface area contributed by atoms with Gasteiger partial charge in [0, 0.05) is 57.3 Å². The Bertz CT molecular complexity index is 2410. The Labute approximate surface area is 316 Å². The maximum Gasteiger partial charge on any atom is 0.216 e. The molecular formula is C42H49IrN3OSi-2. The van der Waals surface area contributed by atoms with Gasteiger partial charge < -0.3 is 14.4 Å². The van der Waals surface area contributed by atoms with Crippen LogP contribution in [0.2, 0.25) is 19.6 Å². The third kappa shape index (κ3) is 9.16. The van der Waals surface area contributed by atoms with Gasteiger partial charge in [-0.15, -0.1) is 54.1 Å². The molecule has 4 heterocycles. The molecule has 253 valence electrons. The van der Waals surface area contributed by atoms with Crippen molar-refractivity contribution in [1.29, 1.82) is 0 Å². The van der Waals surface area contributed by atoms with E-state index in [0.717, 1.165) is 22.0 Å². The standard InChI is InChI=1S/C23H23N2O.C19H26NSi.Ir/c1-14-13-24-20(11-16(14)12-23(3,4)5)19-8-6-7-17-18-10-9-15(2)25-22(18)26-21(17)19;1-19(2,3)13-16-12-17(15-10-8-7-9-11-15)20-14-18(16)21(4,5)6;/h6-7,9-11,13H,12H2,1-5H3;7-10,12,14H,13H2,1-6H3;/q2*-1;/i1D3,2D3,12D2;13D2;. The van der Waals surface area contributed by atoms with Crippen LogP contribution in [0.1, 0.15) is 77.6 Å². The van der Waals surface area contributed by atoms with E-state index in [2.05, 4.69) is 46.7 Å². The molecule has 4 aromatic heterocycles. The number of furan rings is 1. The number of nitrogens with zero attached hydrogens (tertiary/aromatic N) is 3. The molecule has 0 saturated heterocycles. The summed E-state index contributed by atoms with van der Waals surface area (Å²) in [5.74, 6) is 0. The van der Waals surface area contributed by atoms with E-state index in [9.17, 15) is 0 Å². The predicted molar refractivity (Wildman–Crippen MR) is 201 cm³/mol. The average Bonchev–Trinajstić information content (AvgIpc) is 3.48. The first kappa shape index (κ1) is 25.5. The molecular weight excluding hydrogens is 783 g/mol. The van der Waals surface area contributed by atoms with E-state index in [1.165, 1.54) is 18.3 Å². The van der Waals surface area contributed by atoms with Crippen LogP contribution in [0.15, 0.2) is 77.5 Å². The van der Waals surface area contributed by atoms with Gasteiger partial charge in [0.15, 0.2) is 0 Å². The van der Waals surface area contributed by atoms with Crippen molar-refractivity contribution >= 4 is 35.3 Å². The van der Waals surface area contributed by atoms with Gasteiger partial charge in [0.05, 0.1) is 13.7 Å². The molecule has 2 aromatic carbocycles. The van der Waals surface area contributed by atoms with Crippen molar-refractivity contribution in [3.8, 4) is 22.5 Å². The van der Waals surface area contributed by atoms with E-state index in [0.29, 0.717) is 21.9 Å². The summed E-state index contributed by atoms with van der Waals surface area (Å²) in [5.41, 5.74) is 2.06. The quantitative estimate of drug-likeness (QED) is 0.128. The first-order valence-corrected chi connectivity index (χ1v) is 19.2. The Morgan fingerprint density at radius 2 is 1.50 bits per heavy atom. The molecule has 0 saturated carbocycles. The van der Waals surface area contributed by atoms with Crippen molar-refractivity contribution in [1.82, 2.24) is 15.0 Å². The molecule has 6 rings (SSSR count). The predicted octanol–water partition coefficient (Wildman–Crippen LogP) is 10.7. The van der Waals surface area contributed by atoms with E-state index >= 15 is 0 Å². The van der Waals surface area contributed by atoms with Gasteiger partial charge in [-0.05, 0) is 71.6 Å². The van der Waals surface area contributed by atoms with Gasteiger partial charge in [-0.25, -0.2) is 4.98 Å². The fourth-order valence-corrected chi connectivity index (χ4v) is 6.57. The maximum absolute atomic E-state index is 8.75. The largest absolute Gasteiger partial charge is 0.486 e. The van der Waals surface area contributed by atoms with Gasteiger partial charge in [0.2, 0.25) is 5.71 Å². The first-order valence-electron chi connectivity index (χ1n) is 20.7. The third-order valence-corrected chi connectivity index (χ3v) is 9.19. The molecule has 4 nitrogen and oxygen atoms in total. The van der Waals surface area contributed by atoms with Crippen molar-refractivity contribution in [2.45, 2.75) is 87.6 Å². The summed E-state index contributed by atoms with van der Waals surface area (Å²) >= 11 is 0. The topological polar surface area (TPSA) is 51.8 Å². The van der Waals surface area contributed by atoms with Crippen LogP contribution in [-0.2, 0) is 32.9 Å². The van der Waals surface area contributed by atoms with Gasteiger partial charge in [-0.1, -0.05) is 95.4 Å². The number of hydrogen-bond acceptors (Lipinski definition) is 4. The van der Waals surface area contributed by atoms with Crippen LogP contribution in [0, 0.1) is 36.7 Å². The van der Waals surface area contributed by atoms with Crippen molar-refractivity contribution in [3.63, 3.8) is 0 Å². The minimum absolute atomic E-state index is 0. The smallest absolute Gasteiger partial charge is 0.216 e. The summed E-state index contributed by atoms with van der Waals surface area (Å²) in [7, 11) is -1.70. The summed E-state index contributed by atoms with van der Waals surface area (Å²) in [6.45, 7) is 12.7. The first-order chi connectivity index (χ1) is 26.0. The van der Waals surface area contributed by atoms with Gasteiger partial charge in [0.1, 0.15) is 0 Å². The summed E-state index contributed by atoms with van der Waals surface area (Å²) < 4.78 is 87.3. The Morgan fingerprint density at radius 3 is 2.15 bits per heavy atom. The van der Waals surface area contributed by atoms with Crippen molar-refractivity contribution in [2.24, 2.45) is 10.8 Å². The van der Waals surface area contributed by atoms with Crippen molar-refractivity contribution in [2.75, 3.05) is 0 Å². The number of pyridine rings is 3. The van der Waals surface area contributed by atoms with Gasteiger partial charge in [0.25, 0.3) is 0 Å². The molecule has 0 fully saturated rings. The van der Waals surface area contributed by atoms with Gasteiger partial charge >= 0.3 is 0 Å². The van der Waals surface area contributed by atoms with Crippen LogP contribution in [0.3, 0.4) is 0 Å². The second-order valence-electron chi connectivity index (χ2n) is 14.8. The molecule has 0 spiro atoms. The normalized spacial score (nSPS) is 16.3. The van der Waals surface area contributed by atoms with Gasteiger partial charge in [-0.2, -0.15) is 0 Å². The summed E-state index contributed by atoms with van der Waals surface area (Å²) in [6.07, 6.45) is -0.329. The molecule has 0 unspecified atom stereocenters. The summed E-state index contributed by atoms with van der Waals surface area (Å²) in [4.78, 5) is 13.1. The van der Waals surface area contributed by atoms with Crippen LogP contribution in [0.5, 0.6) is 0 Å². The number of fused-ring (bicyclic) bond motifs is 3. The minimum Gasteiger partial charge on any atom is -0.486 e. The number of hydrogen-bond donors (Lipinski definition) is 0. The maximum atomic E-state index is 8.75. The molecule has 0 amide bonds. The van der Waals surface area contributed by atoms with Crippen LogP contribution < -0.4 is 5.19 Å². The van der Waals surface area contributed by atoms with E-state index in [4.69, 9.17) is 18.1 Å². The molecule has 0 aliphatic heterocycles. The second kappa shape index (κ2) is 14.6. The zero-order chi connectivity index (χ0) is 42.7. The molecule has 0 aliphatic carbocycles. The number of aryl methyl sites for hydroxylation is 2. The molecule has 6 heteroatoms. The zero-order valence-electron chi connectivity index (χ0n) is 39.0. The van der Waals surface area contributed by atoms with E-state index in [-0.39, 0.29) is 48.3 Å². The van der Waals surface area contributed by atoms with Gasteiger partial charge in [-0.3, -0.25) is 0 Å². The van der Waals surface area contributed by atoms with E-state index in [1.54, 1.807) is 39.0 Å². The van der Waals surface area contributed by atoms with Crippen LogP contribution in [-0.4, -0.2) is 23.0 Å². The average molecular weight is 842 g/mol. The Morgan fingerprint density at radius 1 is 0.792 bits per heavy atom. The van der Waals surface area contributed by atoms with Crippen LogP contribution in [0.4, 0.5) is 0 Å². The second-order valence-corrected chi connectivity index (χ2v) is 19.8. The number of rotatable bonds is 5. The molecule has 6 aromatic rings. The Balaban J connectivity index is 0.000000272. The summed E-state index contributed by atoms with van der Waals surface area (Å²) in [5, 5.41) is 2.37. The summed E-state index contributed by atoms with van der Waals surface area (Å²) in [6, 6.07) is 23.8. The Hall–Kier alpha value is -3.44. The number of benzene rings is 2. The number of aromatic nitrogens is 3. The molecule has 0 aliphatic rings. The van der Waals surface area contributed by atoms with E-state index < -0.39 is 45.4 Å². The molecule has 1 radical (unpaired) electrons.